The van der Waals surface area contributed by atoms with Gasteiger partial charge in [0.1, 0.15) is 0 Å². The van der Waals surface area contributed by atoms with Crippen LogP contribution in [0.3, 0.4) is 0 Å². The first-order valence-electron chi connectivity index (χ1n) is 5.29. The van der Waals surface area contributed by atoms with Gasteiger partial charge in [-0.3, -0.25) is 4.21 Å². The quantitative estimate of drug-likeness (QED) is 0.592. The zero-order valence-electron chi connectivity index (χ0n) is 9.86. The standard InChI is InChI=1S/C10H23NO3S/c1-9(2)6-11-7-10(12)8-15(13)5-4-14-3/h9-12H,4-8H2,1-3H3. The van der Waals surface area contributed by atoms with E-state index < -0.39 is 16.9 Å². The second kappa shape index (κ2) is 9.27. The van der Waals surface area contributed by atoms with Gasteiger partial charge >= 0.3 is 0 Å². The molecular formula is C10H23NO3S. The molecule has 0 aliphatic carbocycles. The van der Waals surface area contributed by atoms with E-state index in [4.69, 9.17) is 4.74 Å². The van der Waals surface area contributed by atoms with Crippen molar-refractivity contribution in [1.29, 1.82) is 0 Å². The number of ether oxygens (including phenoxy) is 1. The first-order chi connectivity index (χ1) is 7.06. The molecule has 0 aliphatic heterocycles. The van der Waals surface area contributed by atoms with Crippen molar-refractivity contribution in [2.45, 2.75) is 20.0 Å². The Morgan fingerprint density at radius 3 is 2.60 bits per heavy atom. The summed E-state index contributed by atoms with van der Waals surface area (Å²) in [4.78, 5) is 0. The summed E-state index contributed by atoms with van der Waals surface area (Å²) in [6.07, 6.45) is -0.526. The summed E-state index contributed by atoms with van der Waals surface area (Å²) in [5.41, 5.74) is 0. The van der Waals surface area contributed by atoms with Gasteiger partial charge in [-0.1, -0.05) is 13.8 Å². The van der Waals surface area contributed by atoms with E-state index in [-0.39, 0.29) is 0 Å². The fourth-order valence-corrected chi connectivity index (χ4v) is 2.14. The molecule has 15 heavy (non-hydrogen) atoms. The fraction of sp³-hybridized carbons (Fsp3) is 1.00. The molecule has 0 aromatic carbocycles. The zero-order valence-corrected chi connectivity index (χ0v) is 10.7. The van der Waals surface area contributed by atoms with E-state index in [1.165, 1.54) is 0 Å². The minimum atomic E-state index is -0.979. The fourth-order valence-electron chi connectivity index (χ4n) is 1.07. The Hall–Kier alpha value is 0.0300. The van der Waals surface area contributed by atoms with Crippen molar-refractivity contribution in [3.05, 3.63) is 0 Å². The van der Waals surface area contributed by atoms with Crippen LogP contribution in [-0.2, 0) is 15.5 Å². The van der Waals surface area contributed by atoms with E-state index in [1.807, 2.05) is 0 Å². The van der Waals surface area contributed by atoms with Gasteiger partial charge in [-0.25, -0.2) is 0 Å². The van der Waals surface area contributed by atoms with Gasteiger partial charge in [-0.05, 0) is 12.5 Å². The molecule has 0 saturated heterocycles. The summed E-state index contributed by atoms with van der Waals surface area (Å²) in [5, 5.41) is 12.7. The molecular weight excluding hydrogens is 214 g/mol. The lowest BCUT2D eigenvalue weighted by atomic mass is 10.2. The molecule has 92 valence electrons. The molecule has 0 spiro atoms. The van der Waals surface area contributed by atoms with Crippen LogP contribution in [0.25, 0.3) is 0 Å². The van der Waals surface area contributed by atoms with Crippen LogP contribution in [0.4, 0.5) is 0 Å². The molecule has 0 aliphatic rings. The molecule has 0 heterocycles. The van der Waals surface area contributed by atoms with Gasteiger partial charge in [0.15, 0.2) is 0 Å². The summed E-state index contributed by atoms with van der Waals surface area (Å²) in [6, 6.07) is 0. The highest BCUT2D eigenvalue weighted by molar-refractivity contribution is 7.85. The van der Waals surface area contributed by atoms with Crippen LogP contribution < -0.4 is 5.32 Å². The summed E-state index contributed by atoms with van der Waals surface area (Å²) in [5.74, 6) is 1.39. The van der Waals surface area contributed by atoms with Crippen molar-refractivity contribution in [1.82, 2.24) is 5.32 Å². The predicted octanol–water partition coefficient (Wildman–Crippen LogP) is -0.0120. The van der Waals surface area contributed by atoms with Gasteiger partial charge in [0.05, 0.1) is 18.5 Å². The van der Waals surface area contributed by atoms with Crippen LogP contribution in [0.5, 0.6) is 0 Å². The van der Waals surface area contributed by atoms with Crippen LogP contribution in [-0.4, -0.2) is 53.7 Å². The van der Waals surface area contributed by atoms with Crippen molar-refractivity contribution in [2.75, 3.05) is 38.3 Å². The molecule has 2 N–H and O–H groups in total. The number of aliphatic hydroxyl groups is 1. The summed E-state index contributed by atoms with van der Waals surface area (Å²) in [6.45, 7) is 6.09. The highest BCUT2D eigenvalue weighted by atomic mass is 32.2. The van der Waals surface area contributed by atoms with Crippen LogP contribution in [0.1, 0.15) is 13.8 Å². The maximum atomic E-state index is 11.4. The lowest BCUT2D eigenvalue weighted by Gasteiger charge is -2.12. The number of aliphatic hydroxyl groups excluding tert-OH is 1. The van der Waals surface area contributed by atoms with E-state index in [0.29, 0.717) is 30.6 Å². The van der Waals surface area contributed by atoms with E-state index in [0.717, 1.165) is 6.54 Å². The Labute approximate surface area is 94.9 Å². The largest absolute Gasteiger partial charge is 0.391 e. The third-order valence-corrected chi connectivity index (χ3v) is 3.20. The van der Waals surface area contributed by atoms with Gasteiger partial charge in [0.25, 0.3) is 0 Å². The van der Waals surface area contributed by atoms with E-state index in [2.05, 4.69) is 19.2 Å². The average molecular weight is 237 g/mol. The first-order valence-corrected chi connectivity index (χ1v) is 6.77. The van der Waals surface area contributed by atoms with Crippen LogP contribution >= 0.6 is 0 Å². The molecule has 2 atom stereocenters. The number of hydrogen-bond acceptors (Lipinski definition) is 4. The van der Waals surface area contributed by atoms with Crippen LogP contribution in [0.15, 0.2) is 0 Å². The highest BCUT2D eigenvalue weighted by Gasteiger charge is 2.09. The molecule has 2 unspecified atom stereocenters. The topological polar surface area (TPSA) is 58.6 Å². The van der Waals surface area contributed by atoms with Gasteiger partial charge in [-0.15, -0.1) is 0 Å². The lowest BCUT2D eigenvalue weighted by molar-refractivity contribution is 0.192. The van der Waals surface area contributed by atoms with Crippen molar-refractivity contribution >= 4 is 10.8 Å². The number of hydrogen-bond donors (Lipinski definition) is 2. The second-order valence-electron chi connectivity index (χ2n) is 4.01. The Morgan fingerprint density at radius 1 is 1.40 bits per heavy atom. The molecule has 0 rings (SSSR count). The Bertz CT molecular complexity index is 176. The second-order valence-corrected chi connectivity index (χ2v) is 5.63. The summed E-state index contributed by atoms with van der Waals surface area (Å²) < 4.78 is 16.2. The summed E-state index contributed by atoms with van der Waals surface area (Å²) >= 11 is 0. The highest BCUT2D eigenvalue weighted by Crippen LogP contribution is 1.91. The minimum absolute atomic E-state index is 0.328. The lowest BCUT2D eigenvalue weighted by Crippen LogP contribution is -2.33. The third kappa shape index (κ3) is 10.3. The Morgan fingerprint density at radius 2 is 2.07 bits per heavy atom. The van der Waals surface area contributed by atoms with Gasteiger partial charge in [-0.2, -0.15) is 0 Å². The Kier molecular flexibility index (Phi) is 9.29. The molecule has 0 bridgehead atoms. The number of nitrogens with one attached hydrogen (secondary N) is 1. The van der Waals surface area contributed by atoms with E-state index >= 15 is 0 Å². The molecule has 0 amide bonds. The molecule has 0 radical (unpaired) electrons. The normalized spacial score (nSPS) is 15.5. The molecule has 0 aromatic heterocycles. The molecule has 0 fully saturated rings. The number of methoxy groups -OCH3 is 1. The monoisotopic (exact) mass is 237 g/mol. The third-order valence-electron chi connectivity index (χ3n) is 1.83. The maximum Gasteiger partial charge on any atom is 0.0779 e. The molecule has 4 nitrogen and oxygen atoms in total. The zero-order chi connectivity index (χ0) is 11.7. The van der Waals surface area contributed by atoms with E-state index in [9.17, 15) is 9.32 Å². The number of rotatable bonds is 9. The van der Waals surface area contributed by atoms with Gasteiger partial charge in [0.2, 0.25) is 0 Å². The average Bonchev–Trinajstić information content (AvgIpc) is 2.14. The van der Waals surface area contributed by atoms with Crippen LogP contribution in [0.2, 0.25) is 0 Å². The maximum absolute atomic E-state index is 11.4. The van der Waals surface area contributed by atoms with Gasteiger partial charge in [0, 0.05) is 30.2 Å². The van der Waals surface area contributed by atoms with Crippen molar-refractivity contribution in [3.8, 4) is 0 Å². The molecule has 0 aromatic rings. The first kappa shape index (κ1) is 15.0. The Balaban J connectivity index is 3.46. The van der Waals surface area contributed by atoms with Gasteiger partial charge < -0.3 is 15.2 Å². The minimum Gasteiger partial charge on any atom is -0.391 e. The molecule has 5 heteroatoms. The van der Waals surface area contributed by atoms with E-state index in [1.54, 1.807) is 7.11 Å². The SMILES string of the molecule is COCCS(=O)CC(O)CNCC(C)C. The van der Waals surface area contributed by atoms with Crippen LogP contribution in [0, 0.1) is 5.92 Å². The van der Waals surface area contributed by atoms with Crippen molar-refractivity contribution in [3.63, 3.8) is 0 Å². The smallest absolute Gasteiger partial charge is 0.0779 e. The summed E-state index contributed by atoms with van der Waals surface area (Å²) in [7, 11) is 0.602. The van der Waals surface area contributed by atoms with Crippen molar-refractivity contribution < 1.29 is 14.1 Å². The molecule has 0 saturated carbocycles. The van der Waals surface area contributed by atoms with Crippen molar-refractivity contribution in [2.24, 2.45) is 5.92 Å². The predicted molar refractivity (Wildman–Crippen MR) is 63.5 cm³/mol.